The number of carbonyl (C=O) groups is 1. The second kappa shape index (κ2) is 8.61. The maximum Gasteiger partial charge on any atom is 0.343 e. The molecule has 0 saturated carbocycles. The van der Waals surface area contributed by atoms with Gasteiger partial charge >= 0.3 is 5.97 Å². The molecule has 168 valence electrons. The predicted molar refractivity (Wildman–Crippen MR) is 126 cm³/mol. The lowest BCUT2D eigenvalue weighted by Gasteiger charge is -2.38. The van der Waals surface area contributed by atoms with Crippen LogP contribution in [0.1, 0.15) is 45.0 Å². The van der Waals surface area contributed by atoms with Gasteiger partial charge in [-0.1, -0.05) is 35.9 Å². The third kappa shape index (κ3) is 4.01. The molecule has 2 atom stereocenters. The molecule has 0 amide bonds. The van der Waals surface area contributed by atoms with Gasteiger partial charge < -0.3 is 9.64 Å². The van der Waals surface area contributed by atoms with E-state index in [1.54, 1.807) is 0 Å². The highest BCUT2D eigenvalue weighted by molar-refractivity contribution is 6.32. The van der Waals surface area contributed by atoms with Gasteiger partial charge in [0.25, 0.3) is 5.69 Å². The Kier molecular flexibility index (Phi) is 5.64. The Labute approximate surface area is 196 Å². The molecule has 1 aliphatic carbocycles. The maximum absolute atomic E-state index is 12.8. The summed E-state index contributed by atoms with van der Waals surface area (Å²) in [7, 11) is 2.18. The van der Waals surface area contributed by atoms with E-state index in [0.29, 0.717) is 16.8 Å². The Morgan fingerprint density at radius 1 is 1.06 bits per heavy atom. The lowest BCUT2D eigenvalue weighted by molar-refractivity contribution is -0.384. The summed E-state index contributed by atoms with van der Waals surface area (Å²) in [6, 6.07) is 18.1. The minimum Gasteiger partial charge on any atom is -0.421 e. The van der Waals surface area contributed by atoms with Crippen molar-refractivity contribution in [1.82, 2.24) is 4.90 Å². The van der Waals surface area contributed by atoms with Crippen LogP contribution in [-0.2, 0) is 12.8 Å². The summed E-state index contributed by atoms with van der Waals surface area (Å²) in [4.78, 5) is 25.6. The molecule has 3 aromatic rings. The summed E-state index contributed by atoms with van der Waals surface area (Å²) < 4.78 is 5.68. The van der Waals surface area contributed by atoms with Crippen LogP contribution < -0.4 is 4.74 Å². The van der Waals surface area contributed by atoms with E-state index in [4.69, 9.17) is 16.3 Å². The van der Waals surface area contributed by atoms with Crippen LogP contribution in [0.2, 0.25) is 5.02 Å². The summed E-state index contributed by atoms with van der Waals surface area (Å²) in [5.41, 5.74) is 5.14. The van der Waals surface area contributed by atoms with Gasteiger partial charge in [-0.2, -0.15) is 0 Å². The van der Waals surface area contributed by atoms with Crippen molar-refractivity contribution in [3.05, 3.63) is 104 Å². The van der Waals surface area contributed by atoms with Crippen LogP contribution in [0.15, 0.2) is 60.7 Å². The molecular weight excluding hydrogens is 440 g/mol. The molecule has 5 rings (SSSR count). The highest BCUT2D eigenvalue weighted by Crippen LogP contribution is 2.44. The second-order valence-corrected chi connectivity index (χ2v) is 9.10. The fourth-order valence-electron chi connectivity index (χ4n) is 5.13. The number of rotatable bonds is 3. The standard InChI is InChI=1S/C26H23ClN2O4/c1-28-13-12-18-14-22(27)24(33-26(30)17-6-9-19(10-7-17)29(31)32)15-21(18)25-20-5-3-2-4-16(20)8-11-23(25)28/h2-7,9-10,14-15,23,25H,8,11-13H2,1H3/t23-,25+/m0/s1. The van der Waals surface area contributed by atoms with E-state index in [1.807, 2.05) is 12.1 Å². The largest absolute Gasteiger partial charge is 0.421 e. The molecule has 1 aliphatic heterocycles. The molecule has 0 fully saturated rings. The van der Waals surface area contributed by atoms with Crippen LogP contribution in [0.25, 0.3) is 0 Å². The van der Waals surface area contributed by atoms with E-state index in [2.05, 4.69) is 36.2 Å². The minimum absolute atomic E-state index is 0.0826. The molecule has 0 aromatic heterocycles. The molecule has 0 bridgehead atoms. The number of carbonyl (C=O) groups excluding carboxylic acids is 1. The summed E-state index contributed by atoms with van der Waals surface area (Å²) in [6.45, 7) is 0.939. The molecule has 0 saturated heterocycles. The molecule has 0 N–H and O–H groups in total. The van der Waals surface area contributed by atoms with Crippen molar-refractivity contribution in [2.75, 3.05) is 13.6 Å². The normalized spacial score (nSPS) is 19.6. The number of esters is 1. The number of nitro groups is 1. The van der Waals surface area contributed by atoms with Crippen molar-refractivity contribution in [3.63, 3.8) is 0 Å². The van der Waals surface area contributed by atoms with E-state index < -0.39 is 10.9 Å². The zero-order chi connectivity index (χ0) is 23.1. The van der Waals surface area contributed by atoms with Crippen LogP contribution in [0.3, 0.4) is 0 Å². The molecule has 3 aromatic carbocycles. The SMILES string of the molecule is CN1CCc2cc(Cl)c(OC(=O)c3ccc([N+](=O)[O-])cc3)cc2[C@H]2c3ccccc3CC[C@@H]21. The third-order valence-electron chi connectivity index (χ3n) is 6.83. The smallest absolute Gasteiger partial charge is 0.343 e. The first-order valence-electron chi connectivity index (χ1n) is 11.0. The number of hydrogen-bond donors (Lipinski definition) is 0. The van der Waals surface area contributed by atoms with Crippen LogP contribution >= 0.6 is 11.6 Å². The Balaban J connectivity index is 1.52. The van der Waals surface area contributed by atoms with E-state index >= 15 is 0 Å². The first-order chi connectivity index (χ1) is 15.9. The van der Waals surface area contributed by atoms with Gasteiger partial charge in [0, 0.05) is 30.6 Å². The molecule has 0 radical (unpaired) electrons. The molecule has 2 aliphatic rings. The Morgan fingerprint density at radius 3 is 2.58 bits per heavy atom. The molecule has 33 heavy (non-hydrogen) atoms. The minimum atomic E-state index is -0.599. The number of aryl methyl sites for hydroxylation is 1. The highest BCUT2D eigenvalue weighted by atomic mass is 35.5. The highest BCUT2D eigenvalue weighted by Gasteiger charge is 2.37. The average Bonchev–Trinajstić information content (AvgIpc) is 2.96. The first-order valence-corrected chi connectivity index (χ1v) is 11.4. The van der Waals surface area contributed by atoms with E-state index in [1.165, 1.54) is 41.0 Å². The third-order valence-corrected chi connectivity index (χ3v) is 7.13. The molecule has 6 nitrogen and oxygen atoms in total. The lowest BCUT2D eigenvalue weighted by atomic mass is 9.74. The van der Waals surface area contributed by atoms with Crippen molar-refractivity contribution < 1.29 is 14.5 Å². The van der Waals surface area contributed by atoms with Crippen molar-refractivity contribution in [2.45, 2.75) is 31.2 Å². The number of likely N-dealkylation sites (N-methyl/N-ethyl adjacent to an activating group) is 1. The van der Waals surface area contributed by atoms with Gasteiger partial charge in [0.15, 0.2) is 0 Å². The molecule has 0 unspecified atom stereocenters. The number of ether oxygens (including phenoxy) is 1. The number of non-ortho nitro benzene ring substituents is 1. The quantitative estimate of drug-likeness (QED) is 0.225. The van der Waals surface area contributed by atoms with Crippen LogP contribution in [0.5, 0.6) is 5.75 Å². The molecule has 0 spiro atoms. The van der Waals surface area contributed by atoms with Gasteiger partial charge in [0.05, 0.1) is 15.5 Å². The van der Waals surface area contributed by atoms with Crippen molar-refractivity contribution in [2.24, 2.45) is 0 Å². The topological polar surface area (TPSA) is 72.7 Å². The summed E-state index contributed by atoms with van der Waals surface area (Å²) >= 11 is 6.54. The fraction of sp³-hybridized carbons (Fsp3) is 0.269. The fourth-order valence-corrected chi connectivity index (χ4v) is 5.35. The number of hydrogen-bond acceptors (Lipinski definition) is 5. The van der Waals surface area contributed by atoms with Crippen LogP contribution in [-0.4, -0.2) is 35.4 Å². The van der Waals surface area contributed by atoms with Gasteiger partial charge in [-0.3, -0.25) is 10.1 Å². The number of nitrogens with zero attached hydrogens (tertiary/aromatic N) is 2. The zero-order valence-corrected chi connectivity index (χ0v) is 18.9. The number of nitro benzene ring substituents is 1. The Bertz CT molecular complexity index is 1240. The lowest BCUT2D eigenvalue weighted by Crippen LogP contribution is -2.39. The van der Waals surface area contributed by atoms with E-state index in [9.17, 15) is 14.9 Å². The zero-order valence-electron chi connectivity index (χ0n) is 18.2. The van der Waals surface area contributed by atoms with Crippen molar-refractivity contribution >= 4 is 23.3 Å². The summed E-state index contributed by atoms with van der Waals surface area (Å²) in [5, 5.41) is 11.3. The molecule has 7 heteroatoms. The van der Waals surface area contributed by atoms with Gasteiger partial charge in [-0.25, -0.2) is 4.79 Å². The summed E-state index contributed by atoms with van der Waals surface area (Å²) in [6.07, 6.45) is 2.99. The number of fused-ring (bicyclic) bond motifs is 5. The Morgan fingerprint density at radius 2 is 1.82 bits per heavy atom. The number of benzene rings is 3. The Hall–Kier alpha value is -3.22. The van der Waals surface area contributed by atoms with Gasteiger partial charge in [0.1, 0.15) is 5.75 Å². The van der Waals surface area contributed by atoms with Gasteiger partial charge in [0.2, 0.25) is 0 Å². The van der Waals surface area contributed by atoms with Crippen LogP contribution in [0, 0.1) is 10.1 Å². The molecule has 1 heterocycles. The van der Waals surface area contributed by atoms with Gasteiger partial charge in [-0.15, -0.1) is 0 Å². The van der Waals surface area contributed by atoms with E-state index in [-0.39, 0.29) is 17.2 Å². The molecular formula is C26H23ClN2O4. The monoisotopic (exact) mass is 462 g/mol. The summed E-state index contributed by atoms with van der Waals surface area (Å²) in [5.74, 6) is -0.116. The van der Waals surface area contributed by atoms with Crippen molar-refractivity contribution in [1.29, 1.82) is 0 Å². The van der Waals surface area contributed by atoms with E-state index in [0.717, 1.165) is 31.4 Å². The average molecular weight is 463 g/mol. The second-order valence-electron chi connectivity index (χ2n) is 8.69. The maximum atomic E-state index is 12.8. The van der Waals surface area contributed by atoms with Crippen LogP contribution in [0.4, 0.5) is 5.69 Å². The van der Waals surface area contributed by atoms with Gasteiger partial charge in [-0.05, 0) is 72.8 Å². The van der Waals surface area contributed by atoms with Crippen molar-refractivity contribution in [3.8, 4) is 5.75 Å². The number of halogens is 1. The first kappa shape index (κ1) is 21.6. The predicted octanol–water partition coefficient (Wildman–Crippen LogP) is 5.40.